The molecule has 1 aliphatic rings. The highest BCUT2D eigenvalue weighted by Crippen LogP contribution is 2.20. The molecule has 0 spiro atoms. The third-order valence-electron chi connectivity index (χ3n) is 4.80. The summed E-state index contributed by atoms with van der Waals surface area (Å²) in [7, 11) is 1.83. The van der Waals surface area contributed by atoms with Gasteiger partial charge in [-0.2, -0.15) is 0 Å². The minimum absolute atomic E-state index is 0.779. The van der Waals surface area contributed by atoms with Crippen LogP contribution in [0.4, 0.5) is 5.69 Å². The first-order valence-electron chi connectivity index (χ1n) is 8.96. The van der Waals surface area contributed by atoms with Crippen LogP contribution in [0.15, 0.2) is 33.8 Å². The number of anilines is 1. The molecule has 0 unspecified atom stereocenters. The van der Waals surface area contributed by atoms with Crippen LogP contribution >= 0.6 is 11.6 Å². The van der Waals surface area contributed by atoms with Gasteiger partial charge in [-0.05, 0) is 38.5 Å². The predicted octanol–water partition coefficient (Wildman–Crippen LogP) is 2.88. The lowest BCUT2D eigenvalue weighted by atomic mass is 10.1. The van der Waals surface area contributed by atoms with Crippen LogP contribution in [0.5, 0.6) is 0 Å². The van der Waals surface area contributed by atoms with E-state index in [-0.39, 0.29) is 0 Å². The van der Waals surface area contributed by atoms with Gasteiger partial charge < -0.3 is 19.6 Å². The molecule has 1 aromatic carbocycles. The average Bonchev–Trinajstić information content (AvgIpc) is 2.97. The molecule has 0 saturated carbocycles. The standard InChI is InChI=1S/C19H26ClN5O/c1-14-18(15(2)26-23-14)7-8-22-19(21-3)25-11-9-24(10-12-25)17-6-4-5-16(20)13-17/h4-6,13H,7-12H2,1-3H3,(H,21,22). The Bertz CT molecular complexity index is 746. The Morgan fingerprint density at radius 2 is 2.04 bits per heavy atom. The van der Waals surface area contributed by atoms with E-state index in [1.807, 2.05) is 39.1 Å². The van der Waals surface area contributed by atoms with Crippen molar-refractivity contribution in [2.24, 2.45) is 4.99 Å². The molecule has 1 N–H and O–H groups in total. The van der Waals surface area contributed by atoms with E-state index in [4.69, 9.17) is 16.1 Å². The minimum Gasteiger partial charge on any atom is -0.368 e. The molecule has 26 heavy (non-hydrogen) atoms. The molecule has 0 radical (unpaired) electrons. The molecule has 6 nitrogen and oxygen atoms in total. The molecule has 1 fully saturated rings. The van der Waals surface area contributed by atoms with Crippen molar-refractivity contribution in [2.45, 2.75) is 20.3 Å². The van der Waals surface area contributed by atoms with E-state index in [1.54, 1.807) is 0 Å². The fourth-order valence-electron chi connectivity index (χ4n) is 3.34. The number of rotatable bonds is 4. The smallest absolute Gasteiger partial charge is 0.193 e. The topological polar surface area (TPSA) is 56.9 Å². The summed E-state index contributed by atoms with van der Waals surface area (Å²) in [5.74, 6) is 1.84. The van der Waals surface area contributed by atoms with Gasteiger partial charge in [0.15, 0.2) is 5.96 Å². The van der Waals surface area contributed by atoms with Gasteiger partial charge in [0.1, 0.15) is 5.76 Å². The maximum atomic E-state index is 6.11. The van der Waals surface area contributed by atoms with Crippen molar-refractivity contribution in [1.82, 2.24) is 15.4 Å². The monoisotopic (exact) mass is 375 g/mol. The number of nitrogens with zero attached hydrogens (tertiary/aromatic N) is 4. The number of aliphatic imine (C=N–C) groups is 1. The fraction of sp³-hybridized carbons (Fsp3) is 0.474. The summed E-state index contributed by atoms with van der Waals surface area (Å²) in [4.78, 5) is 9.10. The summed E-state index contributed by atoms with van der Waals surface area (Å²) in [5.41, 5.74) is 3.33. The summed E-state index contributed by atoms with van der Waals surface area (Å²) >= 11 is 6.11. The van der Waals surface area contributed by atoms with Crippen molar-refractivity contribution in [2.75, 3.05) is 44.7 Å². The molecule has 0 atom stereocenters. The number of halogens is 1. The van der Waals surface area contributed by atoms with Crippen molar-refractivity contribution in [3.63, 3.8) is 0 Å². The third-order valence-corrected chi connectivity index (χ3v) is 5.04. The van der Waals surface area contributed by atoms with Gasteiger partial charge in [0.05, 0.1) is 5.69 Å². The Morgan fingerprint density at radius 3 is 2.65 bits per heavy atom. The van der Waals surface area contributed by atoms with Gasteiger partial charge in [0.25, 0.3) is 0 Å². The highest BCUT2D eigenvalue weighted by molar-refractivity contribution is 6.30. The van der Waals surface area contributed by atoms with E-state index >= 15 is 0 Å². The second-order valence-corrected chi connectivity index (χ2v) is 6.92. The Morgan fingerprint density at radius 1 is 1.27 bits per heavy atom. The Kier molecular flexibility index (Phi) is 6.04. The molecule has 1 aromatic heterocycles. The Hall–Kier alpha value is -2.21. The van der Waals surface area contributed by atoms with Gasteiger partial charge in [0, 0.05) is 56.0 Å². The molecule has 2 heterocycles. The van der Waals surface area contributed by atoms with E-state index in [2.05, 4.69) is 31.3 Å². The summed E-state index contributed by atoms with van der Waals surface area (Å²) in [6, 6.07) is 8.04. The number of piperazine rings is 1. The second kappa shape index (κ2) is 8.45. The van der Waals surface area contributed by atoms with E-state index in [0.29, 0.717) is 0 Å². The van der Waals surface area contributed by atoms with Crippen molar-refractivity contribution in [3.05, 3.63) is 46.3 Å². The van der Waals surface area contributed by atoms with E-state index in [9.17, 15) is 0 Å². The van der Waals surface area contributed by atoms with Crippen LogP contribution in [-0.4, -0.2) is 55.8 Å². The van der Waals surface area contributed by atoms with Crippen LogP contribution in [0.2, 0.25) is 5.02 Å². The van der Waals surface area contributed by atoms with E-state index in [0.717, 1.165) is 61.6 Å². The summed E-state index contributed by atoms with van der Waals surface area (Å²) < 4.78 is 5.22. The van der Waals surface area contributed by atoms with Gasteiger partial charge in [-0.25, -0.2) is 0 Å². The largest absolute Gasteiger partial charge is 0.368 e. The molecule has 140 valence electrons. The van der Waals surface area contributed by atoms with Crippen LogP contribution in [-0.2, 0) is 6.42 Å². The van der Waals surface area contributed by atoms with Crippen molar-refractivity contribution in [3.8, 4) is 0 Å². The van der Waals surface area contributed by atoms with E-state index in [1.165, 1.54) is 11.3 Å². The first kappa shape index (κ1) is 18.6. The second-order valence-electron chi connectivity index (χ2n) is 6.48. The zero-order valence-electron chi connectivity index (χ0n) is 15.6. The van der Waals surface area contributed by atoms with Gasteiger partial charge in [-0.1, -0.05) is 22.8 Å². The first-order valence-corrected chi connectivity index (χ1v) is 9.34. The minimum atomic E-state index is 0.779. The molecule has 1 saturated heterocycles. The number of aryl methyl sites for hydroxylation is 2. The Balaban J connectivity index is 1.51. The molecule has 0 amide bonds. The maximum Gasteiger partial charge on any atom is 0.193 e. The van der Waals surface area contributed by atoms with Gasteiger partial charge in [0.2, 0.25) is 0 Å². The quantitative estimate of drug-likeness (QED) is 0.657. The lowest BCUT2D eigenvalue weighted by molar-refractivity contribution is 0.373. The number of aromatic nitrogens is 1. The summed E-state index contributed by atoms with van der Waals surface area (Å²) in [6.07, 6.45) is 0.878. The normalized spacial score (nSPS) is 15.5. The predicted molar refractivity (Wildman–Crippen MR) is 106 cm³/mol. The zero-order chi connectivity index (χ0) is 18.5. The number of benzene rings is 1. The SMILES string of the molecule is CN=C(NCCc1c(C)noc1C)N1CCN(c2cccc(Cl)c2)CC1. The first-order chi connectivity index (χ1) is 12.6. The zero-order valence-corrected chi connectivity index (χ0v) is 16.4. The average molecular weight is 376 g/mol. The molecular weight excluding hydrogens is 350 g/mol. The molecule has 7 heteroatoms. The van der Waals surface area contributed by atoms with Crippen LogP contribution < -0.4 is 10.2 Å². The number of hydrogen-bond donors (Lipinski definition) is 1. The molecule has 0 bridgehead atoms. The van der Waals surface area contributed by atoms with Crippen molar-refractivity contribution < 1.29 is 4.52 Å². The van der Waals surface area contributed by atoms with Crippen molar-refractivity contribution in [1.29, 1.82) is 0 Å². The molecule has 3 rings (SSSR count). The molecule has 2 aromatic rings. The highest BCUT2D eigenvalue weighted by atomic mass is 35.5. The molecule has 0 aliphatic carbocycles. The van der Waals surface area contributed by atoms with Gasteiger partial charge >= 0.3 is 0 Å². The summed E-state index contributed by atoms with van der Waals surface area (Å²) in [6.45, 7) is 8.50. The van der Waals surface area contributed by atoms with Crippen LogP contribution in [0.25, 0.3) is 0 Å². The number of guanidine groups is 1. The number of hydrogen-bond acceptors (Lipinski definition) is 4. The lowest BCUT2D eigenvalue weighted by Gasteiger charge is -2.37. The molecular formula is C19H26ClN5O. The maximum absolute atomic E-state index is 6.11. The lowest BCUT2D eigenvalue weighted by Crippen LogP contribution is -2.52. The van der Waals surface area contributed by atoms with Crippen LogP contribution in [0.1, 0.15) is 17.0 Å². The summed E-state index contributed by atoms with van der Waals surface area (Å²) in [5, 5.41) is 8.25. The van der Waals surface area contributed by atoms with Crippen LogP contribution in [0, 0.1) is 13.8 Å². The Labute approximate surface area is 159 Å². The number of nitrogens with one attached hydrogen (secondary N) is 1. The van der Waals surface area contributed by atoms with Gasteiger partial charge in [-0.3, -0.25) is 4.99 Å². The third kappa shape index (κ3) is 4.30. The van der Waals surface area contributed by atoms with Crippen LogP contribution in [0.3, 0.4) is 0 Å². The highest BCUT2D eigenvalue weighted by Gasteiger charge is 2.20. The van der Waals surface area contributed by atoms with Gasteiger partial charge in [-0.15, -0.1) is 0 Å². The van der Waals surface area contributed by atoms with E-state index < -0.39 is 0 Å². The molecule has 1 aliphatic heterocycles. The van der Waals surface area contributed by atoms with Crippen molar-refractivity contribution >= 4 is 23.2 Å². The fourth-order valence-corrected chi connectivity index (χ4v) is 3.52.